The van der Waals surface area contributed by atoms with E-state index in [1.165, 1.54) is 5.56 Å². The number of halogens is 1. The Hall–Kier alpha value is -1.61. The highest BCUT2D eigenvalue weighted by atomic mass is 79.9. The van der Waals surface area contributed by atoms with Gasteiger partial charge in [-0.2, -0.15) is 0 Å². The van der Waals surface area contributed by atoms with Crippen LogP contribution in [0.5, 0.6) is 0 Å². The number of carbonyl (C=O) groups is 1. The van der Waals surface area contributed by atoms with Gasteiger partial charge in [-0.15, -0.1) is 0 Å². The second kappa shape index (κ2) is 6.71. The quantitative estimate of drug-likeness (QED) is 0.818. The summed E-state index contributed by atoms with van der Waals surface area (Å²) in [6.07, 6.45) is 1.04. The number of hydrogen-bond donors (Lipinski definition) is 1. The van der Waals surface area contributed by atoms with Crippen LogP contribution >= 0.6 is 15.9 Å². The third-order valence-electron chi connectivity index (χ3n) is 3.47. The van der Waals surface area contributed by atoms with E-state index in [2.05, 4.69) is 41.2 Å². The summed E-state index contributed by atoms with van der Waals surface area (Å²) in [6, 6.07) is 15.4. The van der Waals surface area contributed by atoms with Crippen LogP contribution in [0.15, 0.2) is 53.0 Å². The van der Waals surface area contributed by atoms with E-state index < -0.39 is 0 Å². The third-order valence-corrected chi connectivity index (χ3v) is 4.16. The Morgan fingerprint density at radius 3 is 2.50 bits per heavy atom. The lowest BCUT2D eigenvalue weighted by Crippen LogP contribution is -2.14. The Morgan fingerprint density at radius 2 is 1.80 bits per heavy atom. The molecule has 20 heavy (non-hydrogen) atoms. The van der Waals surface area contributed by atoms with Crippen LogP contribution in [-0.2, 0) is 0 Å². The van der Waals surface area contributed by atoms with Gasteiger partial charge in [0, 0.05) is 10.2 Å². The molecule has 0 aromatic heterocycles. The molecule has 0 unspecified atom stereocenters. The predicted molar refractivity (Wildman–Crippen MR) is 87.2 cm³/mol. The molecule has 0 saturated carbocycles. The highest BCUT2D eigenvalue weighted by molar-refractivity contribution is 9.10. The van der Waals surface area contributed by atoms with Crippen LogP contribution in [0.4, 0.5) is 5.69 Å². The van der Waals surface area contributed by atoms with E-state index in [1.54, 1.807) is 0 Å². The number of nitrogens with one attached hydrogen (secondary N) is 1. The van der Waals surface area contributed by atoms with Crippen LogP contribution in [0.3, 0.4) is 0 Å². The number of hydrogen-bond acceptors (Lipinski definition) is 1. The molecule has 0 aliphatic rings. The van der Waals surface area contributed by atoms with E-state index in [0.29, 0.717) is 11.5 Å². The number of carbonyl (C=O) groups excluding carboxylic acids is 1. The molecular weight excluding hydrogens is 314 g/mol. The second-order valence-electron chi connectivity index (χ2n) is 4.83. The molecule has 1 N–H and O–H groups in total. The maximum atomic E-state index is 12.4. The van der Waals surface area contributed by atoms with Gasteiger partial charge in [0.1, 0.15) is 0 Å². The van der Waals surface area contributed by atoms with Crippen LogP contribution in [0.25, 0.3) is 0 Å². The Kier molecular flexibility index (Phi) is 4.96. The molecule has 104 valence electrons. The molecule has 0 aliphatic carbocycles. The molecule has 0 saturated heterocycles. The van der Waals surface area contributed by atoms with Crippen LogP contribution in [0.2, 0.25) is 0 Å². The van der Waals surface area contributed by atoms with Crippen molar-refractivity contribution in [2.45, 2.75) is 26.2 Å². The fourth-order valence-electron chi connectivity index (χ4n) is 2.10. The molecule has 0 aliphatic heterocycles. The summed E-state index contributed by atoms with van der Waals surface area (Å²) >= 11 is 3.41. The van der Waals surface area contributed by atoms with Crippen molar-refractivity contribution in [3.63, 3.8) is 0 Å². The largest absolute Gasteiger partial charge is 0.322 e. The fraction of sp³-hybridized carbons (Fsp3) is 0.235. The van der Waals surface area contributed by atoms with Crippen molar-refractivity contribution < 1.29 is 4.79 Å². The lowest BCUT2D eigenvalue weighted by atomic mass is 9.97. The summed E-state index contributed by atoms with van der Waals surface area (Å²) in [7, 11) is 0. The molecule has 0 radical (unpaired) electrons. The van der Waals surface area contributed by atoms with Gasteiger partial charge in [-0.25, -0.2) is 0 Å². The molecule has 1 atom stereocenters. The first-order chi connectivity index (χ1) is 9.63. The zero-order chi connectivity index (χ0) is 14.5. The number of amides is 1. The van der Waals surface area contributed by atoms with Crippen LogP contribution in [-0.4, -0.2) is 5.91 Å². The lowest BCUT2D eigenvalue weighted by Gasteiger charge is -2.16. The van der Waals surface area contributed by atoms with Crippen LogP contribution < -0.4 is 5.32 Å². The third kappa shape index (κ3) is 3.28. The molecule has 2 nitrogen and oxygen atoms in total. The summed E-state index contributed by atoms with van der Waals surface area (Å²) in [5.41, 5.74) is 2.71. The molecule has 0 spiro atoms. The highest BCUT2D eigenvalue weighted by Gasteiger charge is 2.13. The van der Waals surface area contributed by atoms with Gasteiger partial charge in [-0.1, -0.05) is 44.2 Å². The Balaban J connectivity index is 2.27. The number of para-hydroxylation sites is 1. The topological polar surface area (TPSA) is 29.1 Å². The number of anilines is 1. The summed E-state index contributed by atoms with van der Waals surface area (Å²) in [4.78, 5) is 12.4. The number of benzene rings is 2. The van der Waals surface area contributed by atoms with Gasteiger partial charge in [-0.05, 0) is 52.0 Å². The minimum atomic E-state index is -0.0896. The van der Waals surface area contributed by atoms with Crippen LogP contribution in [0, 0.1) is 0 Å². The first-order valence-corrected chi connectivity index (χ1v) is 7.57. The maximum Gasteiger partial charge on any atom is 0.256 e. The molecule has 0 heterocycles. The molecular formula is C17H18BrNO. The van der Waals surface area contributed by atoms with Crippen molar-refractivity contribution in [3.05, 3.63) is 64.1 Å². The first kappa shape index (κ1) is 14.8. The van der Waals surface area contributed by atoms with Gasteiger partial charge in [0.25, 0.3) is 5.91 Å². The van der Waals surface area contributed by atoms with E-state index in [0.717, 1.165) is 16.6 Å². The zero-order valence-corrected chi connectivity index (χ0v) is 13.3. The molecule has 2 aromatic carbocycles. The van der Waals surface area contributed by atoms with Gasteiger partial charge in [0.15, 0.2) is 0 Å². The van der Waals surface area contributed by atoms with Crippen molar-refractivity contribution >= 4 is 27.5 Å². The number of rotatable bonds is 4. The van der Waals surface area contributed by atoms with Gasteiger partial charge in [0.2, 0.25) is 0 Å². The van der Waals surface area contributed by atoms with Crippen LogP contribution in [0.1, 0.15) is 42.1 Å². The van der Waals surface area contributed by atoms with Gasteiger partial charge in [0.05, 0.1) is 5.56 Å². The smallest absolute Gasteiger partial charge is 0.256 e. The van der Waals surface area contributed by atoms with Gasteiger partial charge in [-0.3, -0.25) is 4.79 Å². The van der Waals surface area contributed by atoms with E-state index in [-0.39, 0.29) is 5.91 Å². The SMILES string of the molecule is CC[C@@H](C)c1ccccc1NC(=O)c1ccccc1Br. The predicted octanol–water partition coefficient (Wildman–Crippen LogP) is 5.21. The average molecular weight is 332 g/mol. The van der Waals surface area contributed by atoms with Gasteiger partial charge >= 0.3 is 0 Å². The molecule has 3 heteroatoms. The minimum absolute atomic E-state index is 0.0896. The fourth-order valence-corrected chi connectivity index (χ4v) is 2.56. The normalized spacial score (nSPS) is 11.9. The Labute approximate surface area is 128 Å². The van der Waals surface area contributed by atoms with E-state index in [9.17, 15) is 4.79 Å². The standard InChI is InChI=1S/C17H18BrNO/c1-3-12(2)13-8-5-7-11-16(13)19-17(20)14-9-4-6-10-15(14)18/h4-12H,3H2,1-2H3,(H,19,20)/t12-/m1/s1. The van der Waals surface area contributed by atoms with E-state index in [1.807, 2.05) is 42.5 Å². The summed E-state index contributed by atoms with van der Waals surface area (Å²) in [5.74, 6) is 0.332. The Morgan fingerprint density at radius 1 is 1.15 bits per heavy atom. The maximum absolute atomic E-state index is 12.4. The Bertz CT molecular complexity index is 609. The summed E-state index contributed by atoms with van der Waals surface area (Å²) in [5, 5.41) is 3.01. The zero-order valence-electron chi connectivity index (χ0n) is 11.7. The van der Waals surface area contributed by atoms with Gasteiger partial charge < -0.3 is 5.32 Å². The first-order valence-electron chi connectivity index (χ1n) is 6.78. The van der Waals surface area contributed by atoms with Crippen molar-refractivity contribution in [2.75, 3.05) is 5.32 Å². The molecule has 0 bridgehead atoms. The second-order valence-corrected chi connectivity index (χ2v) is 5.68. The highest BCUT2D eigenvalue weighted by Crippen LogP contribution is 2.27. The van der Waals surface area contributed by atoms with Crippen molar-refractivity contribution in [2.24, 2.45) is 0 Å². The van der Waals surface area contributed by atoms with E-state index >= 15 is 0 Å². The van der Waals surface area contributed by atoms with Crippen molar-refractivity contribution in [1.29, 1.82) is 0 Å². The molecule has 2 rings (SSSR count). The molecule has 1 amide bonds. The molecule has 0 fully saturated rings. The van der Waals surface area contributed by atoms with Crippen molar-refractivity contribution in [3.8, 4) is 0 Å². The van der Waals surface area contributed by atoms with Crippen molar-refractivity contribution in [1.82, 2.24) is 0 Å². The summed E-state index contributed by atoms with van der Waals surface area (Å²) < 4.78 is 0.804. The minimum Gasteiger partial charge on any atom is -0.322 e. The monoisotopic (exact) mass is 331 g/mol. The lowest BCUT2D eigenvalue weighted by molar-refractivity contribution is 0.102. The molecule has 2 aromatic rings. The van der Waals surface area contributed by atoms with E-state index in [4.69, 9.17) is 0 Å². The summed E-state index contributed by atoms with van der Waals surface area (Å²) in [6.45, 7) is 4.32. The average Bonchev–Trinajstić information content (AvgIpc) is 2.47.